The molecule has 1 atom stereocenters. The molecule has 11 nitrogen and oxygen atoms in total. The van der Waals surface area contributed by atoms with Crippen LogP contribution < -0.4 is 5.32 Å². The van der Waals surface area contributed by atoms with Crippen LogP contribution in [0.1, 0.15) is 6.42 Å². The highest BCUT2D eigenvalue weighted by molar-refractivity contribution is 7.70. The third-order valence-corrected chi connectivity index (χ3v) is 5.40. The second kappa shape index (κ2) is 6.58. The van der Waals surface area contributed by atoms with Gasteiger partial charge in [0.25, 0.3) is 0 Å². The van der Waals surface area contributed by atoms with E-state index in [1.165, 1.54) is 0 Å². The van der Waals surface area contributed by atoms with E-state index in [0.717, 1.165) is 0 Å². The predicted molar refractivity (Wildman–Crippen MR) is 59.3 cm³/mol. The molecule has 0 aromatic rings. The highest BCUT2D eigenvalue weighted by Crippen LogP contribution is 2.58. The lowest BCUT2D eigenvalue weighted by atomic mass is 10.1. The van der Waals surface area contributed by atoms with Crippen molar-refractivity contribution in [3.63, 3.8) is 0 Å². The van der Waals surface area contributed by atoms with Gasteiger partial charge in [0, 0.05) is 6.54 Å². The standard InChI is InChI=1S/C6H13NO10P2/c8-4(9)1-3(5(10)11)2-7-6(18(12,13)14)19(15,16)17/h3,6-7H,1-2H2,(H,8,9)(H,10,11)(H2,12,13,14)(H2,15,16,17). The lowest BCUT2D eigenvalue weighted by molar-refractivity contribution is -0.148. The van der Waals surface area contributed by atoms with Crippen LogP contribution in [-0.2, 0) is 18.7 Å². The maximum atomic E-state index is 10.9. The summed E-state index contributed by atoms with van der Waals surface area (Å²) in [5.41, 5.74) is -2.57. The Hall–Kier alpha value is -0.800. The monoisotopic (exact) mass is 321 g/mol. The first-order chi connectivity index (χ1) is 8.35. The number of hydrogen-bond acceptors (Lipinski definition) is 5. The Morgan fingerprint density at radius 3 is 1.68 bits per heavy atom. The van der Waals surface area contributed by atoms with E-state index in [-0.39, 0.29) is 0 Å². The molecule has 0 rings (SSSR count). The average Bonchev–Trinajstić information content (AvgIpc) is 2.10. The van der Waals surface area contributed by atoms with Gasteiger partial charge in [0.2, 0.25) is 5.52 Å². The Bertz CT molecular complexity index is 415. The molecule has 0 aliphatic carbocycles. The van der Waals surface area contributed by atoms with Crippen LogP contribution in [-0.4, -0.2) is 53.8 Å². The Morgan fingerprint density at radius 2 is 1.42 bits per heavy atom. The van der Waals surface area contributed by atoms with Crippen molar-refractivity contribution in [1.82, 2.24) is 5.32 Å². The first-order valence-electron chi connectivity index (χ1n) is 4.64. The zero-order chi connectivity index (χ0) is 15.4. The zero-order valence-corrected chi connectivity index (χ0v) is 11.1. The molecule has 112 valence electrons. The number of aliphatic carboxylic acids is 2. The van der Waals surface area contributed by atoms with Crippen molar-refractivity contribution in [2.45, 2.75) is 11.9 Å². The van der Waals surface area contributed by atoms with Crippen molar-refractivity contribution in [2.24, 2.45) is 5.92 Å². The molecule has 7 N–H and O–H groups in total. The van der Waals surface area contributed by atoms with Crippen molar-refractivity contribution < 1.29 is 48.5 Å². The van der Waals surface area contributed by atoms with Crippen molar-refractivity contribution in [2.75, 3.05) is 6.54 Å². The normalized spacial score (nSPS) is 14.4. The van der Waals surface area contributed by atoms with E-state index in [4.69, 9.17) is 29.8 Å². The summed E-state index contributed by atoms with van der Waals surface area (Å²) in [6, 6.07) is 0. The van der Waals surface area contributed by atoms with Crippen molar-refractivity contribution in [3.05, 3.63) is 0 Å². The highest BCUT2D eigenvalue weighted by atomic mass is 31.2. The maximum Gasteiger partial charge on any atom is 0.354 e. The summed E-state index contributed by atoms with van der Waals surface area (Å²) >= 11 is 0. The lowest BCUT2D eigenvalue weighted by Crippen LogP contribution is -2.36. The molecule has 0 aromatic heterocycles. The molecule has 0 radical (unpaired) electrons. The van der Waals surface area contributed by atoms with E-state index in [9.17, 15) is 18.7 Å². The number of carbonyl (C=O) groups is 2. The predicted octanol–water partition coefficient (Wildman–Crippen LogP) is -1.61. The number of nitrogens with one attached hydrogen (secondary N) is 1. The summed E-state index contributed by atoms with van der Waals surface area (Å²) in [5.74, 6) is -4.64. The summed E-state index contributed by atoms with van der Waals surface area (Å²) in [5, 5.41) is 18.8. The molecule has 0 amide bonds. The fourth-order valence-corrected chi connectivity index (χ4v) is 3.39. The summed E-state index contributed by atoms with van der Waals surface area (Å²) in [4.78, 5) is 56.0. The summed E-state index contributed by atoms with van der Waals surface area (Å²) in [7, 11) is -10.5. The van der Waals surface area contributed by atoms with E-state index >= 15 is 0 Å². The van der Waals surface area contributed by atoms with Gasteiger partial charge in [-0.05, 0) is 0 Å². The van der Waals surface area contributed by atoms with Gasteiger partial charge in [0.15, 0.2) is 0 Å². The zero-order valence-electron chi connectivity index (χ0n) is 9.28. The summed E-state index contributed by atoms with van der Waals surface area (Å²) in [6.45, 7) is -0.817. The van der Waals surface area contributed by atoms with Gasteiger partial charge in [-0.1, -0.05) is 0 Å². The lowest BCUT2D eigenvalue weighted by Gasteiger charge is -2.22. The third kappa shape index (κ3) is 6.79. The molecule has 0 bridgehead atoms. The Kier molecular flexibility index (Phi) is 6.30. The Labute approximate surface area is 106 Å². The van der Waals surface area contributed by atoms with Crippen LogP contribution in [0.2, 0.25) is 0 Å². The average molecular weight is 321 g/mol. The maximum absolute atomic E-state index is 10.9. The highest BCUT2D eigenvalue weighted by Gasteiger charge is 2.43. The molecule has 19 heavy (non-hydrogen) atoms. The first-order valence-corrected chi connectivity index (χ1v) is 8.00. The molecule has 0 spiro atoms. The van der Waals surface area contributed by atoms with Crippen LogP contribution in [0.5, 0.6) is 0 Å². The molecule has 0 aliphatic heterocycles. The van der Waals surface area contributed by atoms with E-state index in [1.54, 1.807) is 5.32 Å². The van der Waals surface area contributed by atoms with Gasteiger partial charge in [0.05, 0.1) is 12.3 Å². The fourth-order valence-electron chi connectivity index (χ4n) is 1.14. The molecular formula is C6H13NO10P2. The number of hydrogen-bond donors (Lipinski definition) is 7. The van der Waals surface area contributed by atoms with Crippen LogP contribution in [0.3, 0.4) is 0 Å². The minimum Gasteiger partial charge on any atom is -0.481 e. The van der Waals surface area contributed by atoms with E-state index < -0.39 is 51.5 Å². The molecule has 0 saturated carbocycles. The van der Waals surface area contributed by atoms with E-state index in [2.05, 4.69) is 0 Å². The van der Waals surface area contributed by atoms with Crippen LogP contribution >= 0.6 is 15.2 Å². The van der Waals surface area contributed by atoms with Gasteiger partial charge in [0.1, 0.15) is 0 Å². The minimum absolute atomic E-state index is 0.817. The van der Waals surface area contributed by atoms with Gasteiger partial charge in [-0.15, -0.1) is 0 Å². The van der Waals surface area contributed by atoms with Crippen molar-refractivity contribution in [1.29, 1.82) is 0 Å². The second-order valence-electron chi connectivity index (χ2n) is 3.59. The molecule has 0 saturated heterocycles. The smallest absolute Gasteiger partial charge is 0.354 e. The van der Waals surface area contributed by atoms with Gasteiger partial charge in [-0.25, -0.2) is 0 Å². The number of carboxylic acids is 2. The SMILES string of the molecule is O=C(O)CC(CNC(P(=O)(O)O)P(=O)(O)O)C(=O)O. The molecule has 0 aliphatic rings. The molecular weight excluding hydrogens is 308 g/mol. The molecule has 1 unspecified atom stereocenters. The molecule has 0 heterocycles. The third-order valence-electron chi connectivity index (χ3n) is 1.95. The largest absolute Gasteiger partial charge is 0.481 e. The van der Waals surface area contributed by atoms with Crippen LogP contribution in [0.15, 0.2) is 0 Å². The summed E-state index contributed by atoms with van der Waals surface area (Å²) in [6.07, 6.45) is -0.864. The topological polar surface area (TPSA) is 202 Å². The van der Waals surface area contributed by atoms with Gasteiger partial charge < -0.3 is 29.8 Å². The second-order valence-corrected chi connectivity index (χ2v) is 7.39. The van der Waals surface area contributed by atoms with Gasteiger partial charge >= 0.3 is 27.1 Å². The number of rotatable bonds is 8. The van der Waals surface area contributed by atoms with E-state index in [1.807, 2.05) is 0 Å². The summed E-state index contributed by atoms with van der Waals surface area (Å²) < 4.78 is 21.7. The first kappa shape index (κ1) is 18.2. The fraction of sp³-hybridized carbons (Fsp3) is 0.667. The number of carboxylic acid groups (broad SMARTS) is 2. The quantitative estimate of drug-likeness (QED) is 0.253. The van der Waals surface area contributed by atoms with Crippen LogP contribution in [0.25, 0.3) is 0 Å². The van der Waals surface area contributed by atoms with Crippen LogP contribution in [0.4, 0.5) is 0 Å². The van der Waals surface area contributed by atoms with Crippen molar-refractivity contribution in [3.8, 4) is 0 Å². The minimum atomic E-state index is -5.23. The Morgan fingerprint density at radius 1 is 1.00 bits per heavy atom. The van der Waals surface area contributed by atoms with E-state index in [0.29, 0.717) is 0 Å². The van der Waals surface area contributed by atoms with Gasteiger partial charge in [-0.2, -0.15) is 0 Å². The van der Waals surface area contributed by atoms with Crippen molar-refractivity contribution >= 4 is 27.1 Å². The molecule has 0 fully saturated rings. The molecule has 13 heteroatoms. The Balaban J connectivity index is 4.89. The molecule has 0 aromatic carbocycles. The van der Waals surface area contributed by atoms with Crippen LogP contribution in [0, 0.1) is 5.92 Å². The van der Waals surface area contributed by atoms with Gasteiger partial charge in [-0.3, -0.25) is 24.0 Å².